The molecule has 170 valence electrons. The number of anilines is 1. The van der Waals surface area contributed by atoms with Crippen LogP contribution in [0.1, 0.15) is 29.5 Å². The molecule has 4 aromatic rings. The number of hydrogen-bond donors (Lipinski definition) is 2. The van der Waals surface area contributed by atoms with Gasteiger partial charge in [-0.25, -0.2) is 4.79 Å². The highest BCUT2D eigenvalue weighted by Crippen LogP contribution is 2.35. The molecule has 1 aliphatic rings. The van der Waals surface area contributed by atoms with Crippen molar-refractivity contribution in [2.75, 3.05) is 18.5 Å². The Morgan fingerprint density at radius 2 is 1.82 bits per heavy atom. The highest BCUT2D eigenvalue weighted by atomic mass is 35.5. The lowest BCUT2D eigenvalue weighted by atomic mass is 10.1. The molecule has 1 amide bonds. The quantitative estimate of drug-likeness (QED) is 0.452. The predicted octanol–water partition coefficient (Wildman–Crippen LogP) is 3.38. The fourth-order valence-electron chi connectivity index (χ4n) is 4.05. The Morgan fingerprint density at radius 1 is 1.09 bits per heavy atom. The number of ether oxygens (including phenoxy) is 1. The van der Waals surface area contributed by atoms with E-state index < -0.39 is 11.7 Å². The predicted molar refractivity (Wildman–Crippen MR) is 122 cm³/mol. The van der Waals surface area contributed by atoms with Crippen LogP contribution in [-0.2, 0) is 4.74 Å². The number of nitrogens with one attached hydrogen (secondary N) is 2. The molecule has 1 aromatic carbocycles. The molecule has 1 aliphatic heterocycles. The van der Waals surface area contributed by atoms with Gasteiger partial charge in [-0.3, -0.25) is 19.1 Å². The number of benzene rings is 1. The third-order valence-electron chi connectivity index (χ3n) is 5.51. The number of H-pyrrole nitrogens is 1. The maximum absolute atomic E-state index is 12.7. The summed E-state index contributed by atoms with van der Waals surface area (Å²) in [7, 11) is 0. The van der Waals surface area contributed by atoms with Crippen molar-refractivity contribution in [2.24, 2.45) is 0 Å². The lowest BCUT2D eigenvalue weighted by Gasteiger charge is -2.25. The van der Waals surface area contributed by atoms with Crippen LogP contribution in [0.3, 0.4) is 0 Å². The molecule has 0 bridgehead atoms. The van der Waals surface area contributed by atoms with Crippen molar-refractivity contribution in [3.8, 4) is 5.69 Å². The first-order valence-corrected chi connectivity index (χ1v) is 10.8. The van der Waals surface area contributed by atoms with Crippen LogP contribution in [0.15, 0.2) is 50.6 Å². The van der Waals surface area contributed by atoms with Gasteiger partial charge < -0.3 is 19.2 Å². The standard InChI is InChI=1S/C21H17Cl2N5O5/c22-13-9-11(24-20(30)19-25-21(31)33-26-19)10-14(23)18(13)27-6-3-16-15(27)1-2-17(29)28(16)12-4-7-32-8-5-12/h1-3,6,9-10,12H,4-5,7-8H2,(H,24,30)(H,25,26,31). The van der Waals surface area contributed by atoms with Gasteiger partial charge in [0.15, 0.2) is 0 Å². The summed E-state index contributed by atoms with van der Waals surface area (Å²) in [5.74, 6) is -1.81. The topological polar surface area (TPSA) is 124 Å². The Hall–Kier alpha value is -3.34. The first kappa shape index (κ1) is 21.5. The molecule has 0 spiro atoms. The molecular weight excluding hydrogens is 473 g/mol. The molecule has 5 rings (SSSR count). The van der Waals surface area contributed by atoms with Crippen LogP contribution >= 0.6 is 23.2 Å². The normalized spacial score (nSPS) is 14.6. The van der Waals surface area contributed by atoms with Gasteiger partial charge in [0.1, 0.15) is 0 Å². The number of pyridine rings is 1. The van der Waals surface area contributed by atoms with Gasteiger partial charge >= 0.3 is 5.76 Å². The van der Waals surface area contributed by atoms with Crippen molar-refractivity contribution in [3.05, 3.63) is 73.3 Å². The van der Waals surface area contributed by atoms with Gasteiger partial charge in [-0.1, -0.05) is 23.2 Å². The van der Waals surface area contributed by atoms with Gasteiger partial charge in [0.05, 0.1) is 26.8 Å². The van der Waals surface area contributed by atoms with Crippen molar-refractivity contribution in [1.29, 1.82) is 0 Å². The number of hydrogen-bond acceptors (Lipinski definition) is 6. The van der Waals surface area contributed by atoms with Crippen LogP contribution in [0.2, 0.25) is 10.0 Å². The largest absolute Gasteiger partial charge is 0.439 e. The number of aromatic amines is 1. The van der Waals surface area contributed by atoms with Gasteiger partial charge in [-0.2, -0.15) is 0 Å². The number of fused-ring (bicyclic) bond motifs is 1. The average Bonchev–Trinajstić information content (AvgIpc) is 3.40. The van der Waals surface area contributed by atoms with Gasteiger partial charge in [-0.15, -0.1) is 0 Å². The lowest BCUT2D eigenvalue weighted by Crippen LogP contribution is -2.28. The van der Waals surface area contributed by atoms with E-state index in [0.29, 0.717) is 24.6 Å². The minimum absolute atomic E-state index is 0.0531. The van der Waals surface area contributed by atoms with Crippen molar-refractivity contribution in [1.82, 2.24) is 19.3 Å². The smallest absolute Gasteiger partial charge is 0.381 e. The Balaban J connectivity index is 1.53. The first-order valence-electron chi connectivity index (χ1n) is 10.1. The molecular formula is C21H17Cl2N5O5. The molecule has 0 atom stereocenters. The number of amides is 1. The maximum atomic E-state index is 12.7. The molecule has 2 N–H and O–H groups in total. The second kappa shape index (κ2) is 8.54. The summed E-state index contributed by atoms with van der Waals surface area (Å²) in [5.41, 5.74) is 2.26. The van der Waals surface area contributed by atoms with Gasteiger partial charge in [0.2, 0.25) is 5.82 Å². The third-order valence-corrected chi connectivity index (χ3v) is 6.09. The minimum Gasteiger partial charge on any atom is -0.381 e. The molecule has 10 nitrogen and oxygen atoms in total. The zero-order valence-corrected chi connectivity index (χ0v) is 18.5. The van der Waals surface area contributed by atoms with E-state index in [9.17, 15) is 14.4 Å². The lowest BCUT2D eigenvalue weighted by molar-refractivity contribution is 0.0698. The number of carbonyl (C=O) groups is 1. The molecule has 33 heavy (non-hydrogen) atoms. The highest BCUT2D eigenvalue weighted by Gasteiger charge is 2.21. The first-order chi connectivity index (χ1) is 15.9. The Morgan fingerprint density at radius 3 is 2.48 bits per heavy atom. The van der Waals surface area contributed by atoms with Gasteiger partial charge in [-0.05, 0) is 42.3 Å². The Bertz CT molecular complexity index is 1460. The van der Waals surface area contributed by atoms with Crippen LogP contribution in [0.5, 0.6) is 0 Å². The van der Waals surface area contributed by atoms with E-state index in [1.165, 1.54) is 18.2 Å². The van der Waals surface area contributed by atoms with Crippen LogP contribution < -0.4 is 16.6 Å². The second-order valence-electron chi connectivity index (χ2n) is 7.53. The van der Waals surface area contributed by atoms with Crippen LogP contribution in [0.25, 0.3) is 16.7 Å². The monoisotopic (exact) mass is 489 g/mol. The Labute approximate surface area is 195 Å². The highest BCUT2D eigenvalue weighted by molar-refractivity contribution is 6.38. The van der Waals surface area contributed by atoms with Crippen LogP contribution in [0, 0.1) is 0 Å². The van der Waals surface area contributed by atoms with E-state index in [4.69, 9.17) is 27.9 Å². The average molecular weight is 490 g/mol. The molecule has 1 saturated heterocycles. The molecule has 12 heteroatoms. The van der Waals surface area contributed by atoms with E-state index >= 15 is 0 Å². The molecule has 0 radical (unpaired) electrons. The maximum Gasteiger partial charge on any atom is 0.439 e. The number of aromatic nitrogens is 4. The Kier molecular flexibility index (Phi) is 5.57. The third kappa shape index (κ3) is 3.97. The van der Waals surface area contributed by atoms with E-state index in [0.717, 1.165) is 23.9 Å². The van der Waals surface area contributed by atoms with Crippen LogP contribution in [-0.4, -0.2) is 38.4 Å². The zero-order chi connectivity index (χ0) is 23.1. The summed E-state index contributed by atoms with van der Waals surface area (Å²) in [5, 5.41) is 6.44. The van der Waals surface area contributed by atoms with Crippen molar-refractivity contribution < 1.29 is 14.1 Å². The second-order valence-corrected chi connectivity index (χ2v) is 8.34. The SMILES string of the molecule is O=C(Nc1cc(Cl)c(-n2ccc3c2ccc(=O)n3C2CCOCC2)c(Cl)c1)c1noc(=O)[nH]1. The van der Waals surface area contributed by atoms with Crippen molar-refractivity contribution in [3.63, 3.8) is 0 Å². The van der Waals surface area contributed by atoms with E-state index in [1.54, 1.807) is 21.4 Å². The minimum atomic E-state index is -0.842. The van der Waals surface area contributed by atoms with Crippen molar-refractivity contribution >= 4 is 45.8 Å². The summed E-state index contributed by atoms with van der Waals surface area (Å²) in [4.78, 5) is 38.1. The van der Waals surface area contributed by atoms with E-state index in [-0.39, 0.29) is 27.5 Å². The number of halogens is 2. The van der Waals surface area contributed by atoms with E-state index in [2.05, 4.69) is 20.0 Å². The summed E-state index contributed by atoms with van der Waals surface area (Å²) in [6.45, 7) is 1.22. The fourth-order valence-corrected chi connectivity index (χ4v) is 4.72. The van der Waals surface area contributed by atoms with Gasteiger partial charge in [0.25, 0.3) is 11.5 Å². The number of nitrogens with zero attached hydrogens (tertiary/aromatic N) is 3. The number of carbonyl (C=O) groups excluding carboxylic acids is 1. The summed E-state index contributed by atoms with van der Waals surface area (Å²) in [6, 6.07) is 8.23. The summed E-state index contributed by atoms with van der Waals surface area (Å²) < 4.78 is 13.4. The zero-order valence-electron chi connectivity index (χ0n) is 17.0. The molecule has 4 heterocycles. The van der Waals surface area contributed by atoms with Crippen LogP contribution in [0.4, 0.5) is 5.69 Å². The molecule has 3 aromatic heterocycles. The molecule has 0 aliphatic carbocycles. The molecule has 0 unspecified atom stereocenters. The fraction of sp³-hybridized carbons (Fsp3) is 0.238. The summed E-state index contributed by atoms with van der Waals surface area (Å²) in [6.07, 6.45) is 3.32. The van der Waals surface area contributed by atoms with Gasteiger partial charge in [0, 0.05) is 37.2 Å². The molecule has 0 saturated carbocycles. The number of rotatable bonds is 4. The summed E-state index contributed by atoms with van der Waals surface area (Å²) >= 11 is 13.1. The molecule has 1 fully saturated rings. The van der Waals surface area contributed by atoms with E-state index in [1.807, 2.05) is 6.07 Å². The van der Waals surface area contributed by atoms with Crippen molar-refractivity contribution in [2.45, 2.75) is 18.9 Å².